The van der Waals surface area contributed by atoms with E-state index in [1.165, 1.54) is 12.4 Å². The first-order chi connectivity index (χ1) is 8.18. The van der Waals surface area contributed by atoms with Gasteiger partial charge >= 0.3 is 0 Å². The normalized spacial score (nSPS) is 8.88. The van der Waals surface area contributed by atoms with E-state index in [1.807, 2.05) is 27.7 Å². The summed E-state index contributed by atoms with van der Waals surface area (Å²) in [7, 11) is 0. The number of benzene rings is 1. The average molecular weight is 257 g/mol. The van der Waals surface area contributed by atoms with E-state index in [2.05, 4.69) is 9.97 Å². The molecule has 4 heteroatoms. The van der Waals surface area contributed by atoms with E-state index in [-0.39, 0.29) is 0 Å². The highest BCUT2D eigenvalue weighted by atomic mass is 35.5. The van der Waals surface area contributed by atoms with Crippen molar-refractivity contribution in [3.05, 3.63) is 35.0 Å². The Morgan fingerprint density at radius 2 is 1.65 bits per heavy atom. The molecule has 94 valence electrons. The number of aryl methyl sites for hydroxylation is 1. The molecule has 0 fully saturated rings. The first kappa shape index (κ1) is 15.8. The summed E-state index contributed by atoms with van der Waals surface area (Å²) in [5, 5.41) is 1.02. The van der Waals surface area contributed by atoms with Crippen molar-refractivity contribution in [1.82, 2.24) is 9.97 Å². The van der Waals surface area contributed by atoms with Gasteiger partial charge in [-0.2, -0.15) is 0 Å². The number of fused-ring (bicyclic) bond motifs is 1. The second-order valence-electron chi connectivity index (χ2n) is 2.74. The van der Waals surface area contributed by atoms with Crippen molar-refractivity contribution in [1.29, 1.82) is 0 Å². The Bertz CT molecular complexity index is 472. The largest absolute Gasteiger partial charge is 0.241 e. The van der Waals surface area contributed by atoms with Crippen LogP contribution in [0, 0.1) is 12.7 Å². The number of rotatable bonds is 0. The lowest BCUT2D eigenvalue weighted by atomic mass is 10.2. The van der Waals surface area contributed by atoms with Crippen molar-refractivity contribution in [3.63, 3.8) is 0 Å². The minimum Gasteiger partial charge on any atom is -0.241 e. The minimum atomic E-state index is -0.409. The van der Waals surface area contributed by atoms with Crippen LogP contribution in [0.5, 0.6) is 0 Å². The second kappa shape index (κ2) is 7.96. The zero-order chi connectivity index (χ0) is 13.4. The molecule has 1 heterocycles. The highest BCUT2D eigenvalue weighted by Crippen LogP contribution is 2.22. The minimum absolute atomic E-state index is 0.317. The van der Waals surface area contributed by atoms with Crippen LogP contribution < -0.4 is 0 Å². The Kier molecular flexibility index (Phi) is 7.39. The lowest BCUT2D eigenvalue weighted by Crippen LogP contribution is -1.90. The molecule has 2 rings (SSSR count). The van der Waals surface area contributed by atoms with Crippen LogP contribution in [0.15, 0.2) is 18.5 Å². The van der Waals surface area contributed by atoms with Gasteiger partial charge in [-0.1, -0.05) is 39.3 Å². The summed E-state index contributed by atoms with van der Waals surface area (Å²) in [6.45, 7) is 9.79. The number of nitrogens with zero attached hydrogens (tertiary/aromatic N) is 2. The van der Waals surface area contributed by atoms with Crippen molar-refractivity contribution >= 4 is 22.5 Å². The standard InChI is InChI=1S/C9H6ClFN2.2C2H6/c1-5-7-2-6(10)3-8(11)9(7)13-4-12-5;2*1-2/h2-4H,1H3;2*1-2H3. The first-order valence-electron chi connectivity index (χ1n) is 5.75. The third-order valence-corrected chi connectivity index (χ3v) is 2.07. The number of halogens is 2. The SMILES string of the molecule is CC.CC.Cc1ncnc2c(F)cc(Cl)cc12. The molecule has 0 aliphatic rings. The van der Waals surface area contributed by atoms with Gasteiger partial charge in [-0.25, -0.2) is 14.4 Å². The average Bonchev–Trinajstić information content (AvgIpc) is 2.36. The molecule has 17 heavy (non-hydrogen) atoms. The Hall–Kier alpha value is -1.22. The van der Waals surface area contributed by atoms with Gasteiger partial charge in [0.05, 0.1) is 0 Å². The fraction of sp³-hybridized carbons (Fsp3) is 0.385. The summed E-state index contributed by atoms with van der Waals surface area (Å²) in [6.07, 6.45) is 1.34. The topological polar surface area (TPSA) is 25.8 Å². The van der Waals surface area contributed by atoms with E-state index >= 15 is 0 Å². The number of aromatic nitrogens is 2. The molecule has 2 aromatic rings. The zero-order valence-electron chi connectivity index (χ0n) is 10.9. The van der Waals surface area contributed by atoms with Crippen molar-refractivity contribution in [2.75, 3.05) is 0 Å². The molecule has 1 aromatic heterocycles. The summed E-state index contributed by atoms with van der Waals surface area (Å²) in [6, 6.07) is 2.91. The van der Waals surface area contributed by atoms with Crippen LogP contribution in [0.4, 0.5) is 4.39 Å². The van der Waals surface area contributed by atoms with Crippen LogP contribution in [0.25, 0.3) is 10.9 Å². The van der Waals surface area contributed by atoms with E-state index in [0.717, 1.165) is 5.69 Å². The number of hydrogen-bond acceptors (Lipinski definition) is 2. The Labute approximate surface area is 107 Å². The maximum absolute atomic E-state index is 13.3. The van der Waals surface area contributed by atoms with Crippen LogP contribution >= 0.6 is 11.6 Å². The molecule has 0 saturated carbocycles. The monoisotopic (exact) mass is 256 g/mol. The molecular formula is C13H18ClFN2. The van der Waals surface area contributed by atoms with Crippen molar-refractivity contribution in [2.45, 2.75) is 34.6 Å². The molecule has 0 spiro atoms. The van der Waals surface area contributed by atoms with E-state index < -0.39 is 5.82 Å². The first-order valence-corrected chi connectivity index (χ1v) is 6.12. The van der Waals surface area contributed by atoms with Gasteiger partial charge in [0.15, 0.2) is 5.82 Å². The maximum Gasteiger partial charge on any atom is 0.151 e. The molecule has 0 N–H and O–H groups in total. The molecular weight excluding hydrogens is 239 g/mol. The van der Waals surface area contributed by atoms with E-state index in [1.54, 1.807) is 13.0 Å². The van der Waals surface area contributed by atoms with Gasteiger partial charge in [0.1, 0.15) is 11.8 Å². The number of hydrogen-bond donors (Lipinski definition) is 0. The molecule has 0 unspecified atom stereocenters. The molecule has 0 aliphatic carbocycles. The summed E-state index contributed by atoms with van der Waals surface area (Å²) in [4.78, 5) is 7.79. The van der Waals surface area contributed by atoms with Gasteiger partial charge < -0.3 is 0 Å². The molecule has 0 amide bonds. The van der Waals surface area contributed by atoms with Crippen molar-refractivity contribution in [3.8, 4) is 0 Å². The predicted molar refractivity (Wildman–Crippen MR) is 71.9 cm³/mol. The van der Waals surface area contributed by atoms with Gasteiger partial charge in [-0.15, -0.1) is 0 Å². The molecule has 0 aliphatic heterocycles. The van der Waals surface area contributed by atoms with Crippen LogP contribution in [0.1, 0.15) is 33.4 Å². The van der Waals surface area contributed by atoms with E-state index in [9.17, 15) is 4.39 Å². The van der Waals surface area contributed by atoms with Gasteiger partial charge in [-0.05, 0) is 19.1 Å². The Balaban J connectivity index is 0.000000581. The maximum atomic E-state index is 13.3. The Morgan fingerprint density at radius 1 is 1.06 bits per heavy atom. The van der Waals surface area contributed by atoms with Crippen LogP contribution in [0.3, 0.4) is 0 Å². The summed E-state index contributed by atoms with van der Waals surface area (Å²) in [5.41, 5.74) is 1.04. The molecule has 0 saturated heterocycles. The highest BCUT2D eigenvalue weighted by molar-refractivity contribution is 6.31. The third-order valence-electron chi connectivity index (χ3n) is 1.86. The summed E-state index contributed by atoms with van der Waals surface area (Å²) < 4.78 is 13.3. The lowest BCUT2D eigenvalue weighted by molar-refractivity contribution is 0.636. The van der Waals surface area contributed by atoms with E-state index in [0.29, 0.717) is 15.9 Å². The molecule has 0 radical (unpaired) electrons. The fourth-order valence-electron chi connectivity index (χ4n) is 1.22. The van der Waals surface area contributed by atoms with Crippen LogP contribution in [-0.4, -0.2) is 9.97 Å². The highest BCUT2D eigenvalue weighted by Gasteiger charge is 2.05. The lowest BCUT2D eigenvalue weighted by Gasteiger charge is -2.01. The molecule has 1 aromatic carbocycles. The van der Waals surface area contributed by atoms with Gasteiger partial charge in [0.25, 0.3) is 0 Å². The zero-order valence-corrected chi connectivity index (χ0v) is 11.6. The predicted octanol–water partition coefficient (Wildman–Crippen LogP) is 4.78. The molecule has 0 atom stereocenters. The molecule has 0 bridgehead atoms. The quantitative estimate of drug-likeness (QED) is 0.678. The molecule has 2 nitrogen and oxygen atoms in total. The van der Waals surface area contributed by atoms with Crippen LogP contribution in [-0.2, 0) is 0 Å². The summed E-state index contributed by atoms with van der Waals surface area (Å²) >= 11 is 5.70. The van der Waals surface area contributed by atoms with Gasteiger partial charge in [-0.3, -0.25) is 0 Å². The fourth-order valence-corrected chi connectivity index (χ4v) is 1.42. The van der Waals surface area contributed by atoms with Crippen molar-refractivity contribution < 1.29 is 4.39 Å². The van der Waals surface area contributed by atoms with Gasteiger partial charge in [0, 0.05) is 16.1 Å². The van der Waals surface area contributed by atoms with Crippen LogP contribution in [0.2, 0.25) is 5.02 Å². The second-order valence-corrected chi connectivity index (χ2v) is 3.18. The smallest absolute Gasteiger partial charge is 0.151 e. The van der Waals surface area contributed by atoms with E-state index in [4.69, 9.17) is 11.6 Å². The Morgan fingerprint density at radius 3 is 2.24 bits per heavy atom. The van der Waals surface area contributed by atoms with Crippen molar-refractivity contribution in [2.24, 2.45) is 0 Å². The third kappa shape index (κ3) is 3.93. The van der Waals surface area contributed by atoms with Gasteiger partial charge in [0.2, 0.25) is 0 Å². The summed E-state index contributed by atoms with van der Waals surface area (Å²) in [5.74, 6) is -0.409.